The summed E-state index contributed by atoms with van der Waals surface area (Å²) >= 11 is 0. The number of nitrogens with one attached hydrogen (secondary N) is 1. The predicted molar refractivity (Wildman–Crippen MR) is 88.1 cm³/mol. The van der Waals surface area contributed by atoms with Crippen LogP contribution >= 0.6 is 0 Å². The summed E-state index contributed by atoms with van der Waals surface area (Å²) < 4.78 is 18.9. The van der Waals surface area contributed by atoms with E-state index in [0.717, 1.165) is 6.07 Å². The molecule has 1 aromatic carbocycles. The van der Waals surface area contributed by atoms with Crippen LogP contribution in [0.25, 0.3) is 0 Å². The van der Waals surface area contributed by atoms with E-state index in [9.17, 15) is 14.0 Å². The molecule has 24 heavy (non-hydrogen) atoms. The molecule has 0 spiro atoms. The molecule has 0 aromatic heterocycles. The quantitative estimate of drug-likeness (QED) is 0.849. The van der Waals surface area contributed by atoms with Crippen LogP contribution in [0.4, 0.5) is 9.18 Å². The monoisotopic (exact) mass is 334 g/mol. The number of carbonyl (C=O) groups excluding carboxylic acids is 2. The molecule has 1 atom stereocenters. The first-order chi connectivity index (χ1) is 10.9. The molecule has 1 N–H and O–H groups in total. The minimum atomic E-state index is -0.989. The van der Waals surface area contributed by atoms with Gasteiger partial charge in [-0.1, -0.05) is 13.8 Å². The number of hydrogen-bond donors (Lipinski definition) is 1. The fraction of sp³-hybridized carbons (Fsp3) is 0.500. The number of hydrogen-bond acceptors (Lipinski definition) is 4. The van der Waals surface area contributed by atoms with Gasteiger partial charge in [0.2, 0.25) is 0 Å². The number of Topliss-reactive ketones (excluding diaryl/α,β-unsaturated/α-hetero) is 1. The topological polar surface area (TPSA) is 79.2 Å². The molecular weight excluding hydrogens is 311 g/mol. The van der Waals surface area contributed by atoms with Gasteiger partial charge in [-0.15, -0.1) is 0 Å². The second kappa shape index (κ2) is 7.00. The maximum absolute atomic E-state index is 13.7. The summed E-state index contributed by atoms with van der Waals surface area (Å²) in [5.74, 6) is -1.08. The molecule has 0 saturated heterocycles. The van der Waals surface area contributed by atoms with Crippen molar-refractivity contribution >= 4 is 11.9 Å². The Kier molecular flexibility index (Phi) is 5.72. The smallest absolute Gasteiger partial charge is 0.407 e. The first-order valence-corrected chi connectivity index (χ1v) is 7.62. The van der Waals surface area contributed by atoms with Gasteiger partial charge in [0, 0.05) is 17.0 Å². The maximum atomic E-state index is 13.7. The van der Waals surface area contributed by atoms with Crippen LogP contribution in [0.3, 0.4) is 0 Å². The van der Waals surface area contributed by atoms with Crippen molar-refractivity contribution in [3.63, 3.8) is 0 Å². The second-order valence-electron chi connectivity index (χ2n) is 7.23. The molecule has 1 aromatic rings. The van der Waals surface area contributed by atoms with E-state index < -0.39 is 29.0 Å². The minimum absolute atomic E-state index is 0.121. The molecular formula is C18H23FN2O3. The summed E-state index contributed by atoms with van der Waals surface area (Å²) in [7, 11) is 0. The summed E-state index contributed by atoms with van der Waals surface area (Å²) in [5, 5.41) is 11.4. The summed E-state index contributed by atoms with van der Waals surface area (Å²) in [4.78, 5) is 24.6. The third-order valence-corrected chi connectivity index (χ3v) is 3.75. The van der Waals surface area contributed by atoms with E-state index in [1.807, 2.05) is 0 Å². The number of nitriles is 1. The number of ketones is 1. The summed E-state index contributed by atoms with van der Waals surface area (Å²) in [6, 6.07) is 4.89. The zero-order valence-electron chi connectivity index (χ0n) is 14.9. The fourth-order valence-electron chi connectivity index (χ4n) is 1.98. The lowest BCUT2D eigenvalue weighted by Crippen LogP contribution is -2.48. The van der Waals surface area contributed by atoms with Gasteiger partial charge in [0.25, 0.3) is 0 Å². The Morgan fingerprint density at radius 3 is 2.29 bits per heavy atom. The second-order valence-corrected chi connectivity index (χ2v) is 7.23. The highest BCUT2D eigenvalue weighted by Crippen LogP contribution is 2.27. The minimum Gasteiger partial charge on any atom is -0.444 e. The lowest BCUT2D eigenvalue weighted by atomic mass is 9.78. The maximum Gasteiger partial charge on any atom is 0.407 e. The molecule has 130 valence electrons. The Hall–Kier alpha value is -2.42. The molecule has 0 fully saturated rings. The average Bonchev–Trinajstić information content (AvgIpc) is 2.44. The molecule has 5 nitrogen and oxygen atoms in total. The van der Waals surface area contributed by atoms with E-state index >= 15 is 0 Å². The van der Waals surface area contributed by atoms with Crippen molar-refractivity contribution in [1.82, 2.24) is 5.32 Å². The Morgan fingerprint density at radius 1 is 1.25 bits per heavy atom. The fourth-order valence-corrected chi connectivity index (χ4v) is 1.98. The highest BCUT2D eigenvalue weighted by molar-refractivity contribution is 6.00. The highest BCUT2D eigenvalue weighted by Gasteiger charge is 2.36. The van der Waals surface area contributed by atoms with Gasteiger partial charge in [0.05, 0.1) is 5.56 Å². The Balaban J connectivity index is 2.94. The van der Waals surface area contributed by atoms with Crippen LogP contribution in [-0.4, -0.2) is 23.5 Å². The Labute approximate surface area is 141 Å². The molecule has 0 bridgehead atoms. The molecule has 1 unspecified atom stereocenters. The molecule has 0 aliphatic rings. The zero-order valence-corrected chi connectivity index (χ0v) is 14.9. The van der Waals surface area contributed by atoms with Crippen molar-refractivity contribution in [2.45, 2.75) is 53.2 Å². The van der Waals surface area contributed by atoms with Gasteiger partial charge < -0.3 is 10.1 Å². The van der Waals surface area contributed by atoms with Crippen LogP contribution < -0.4 is 5.32 Å². The van der Waals surface area contributed by atoms with Crippen LogP contribution in [0, 0.1) is 22.6 Å². The lowest BCUT2D eigenvalue weighted by molar-refractivity contribution is 0.0460. The number of amides is 1. The van der Waals surface area contributed by atoms with Gasteiger partial charge in [0.15, 0.2) is 5.78 Å². The van der Waals surface area contributed by atoms with Gasteiger partial charge in [0.1, 0.15) is 17.5 Å². The summed E-state index contributed by atoms with van der Waals surface area (Å²) in [6.45, 7) is 10.2. The number of ether oxygens (including phenoxy) is 1. The van der Waals surface area contributed by atoms with Crippen molar-refractivity contribution in [1.29, 1.82) is 5.26 Å². The van der Waals surface area contributed by atoms with Crippen molar-refractivity contribution in [2.24, 2.45) is 5.41 Å². The van der Waals surface area contributed by atoms with E-state index in [-0.39, 0.29) is 16.9 Å². The number of benzene rings is 1. The predicted octanol–water partition coefficient (Wildman–Crippen LogP) is 3.82. The normalized spacial score (nSPS) is 12.9. The largest absolute Gasteiger partial charge is 0.444 e. The third kappa shape index (κ3) is 4.79. The van der Waals surface area contributed by atoms with Crippen LogP contribution in [0.2, 0.25) is 0 Å². The van der Waals surface area contributed by atoms with Gasteiger partial charge in [-0.05, 0) is 45.9 Å². The van der Waals surface area contributed by atoms with Crippen molar-refractivity contribution in [3.8, 4) is 6.07 Å². The Bertz CT molecular complexity index is 684. The first kappa shape index (κ1) is 19.6. The van der Waals surface area contributed by atoms with E-state index in [0.29, 0.717) is 0 Å². The number of halogens is 1. The molecule has 0 aliphatic heterocycles. The molecule has 0 radical (unpaired) electrons. The van der Waals surface area contributed by atoms with Gasteiger partial charge in [-0.3, -0.25) is 4.79 Å². The van der Waals surface area contributed by atoms with E-state index in [1.165, 1.54) is 12.1 Å². The standard InChI is InChI=1S/C18H23FN2O3/c1-11(21-16(23)24-17(2,3)4)18(5,6)15(22)12-7-8-13(10-20)14(19)9-12/h7-9,11H,1-6H3,(H,21,23). The summed E-state index contributed by atoms with van der Waals surface area (Å²) in [5.41, 5.74) is -1.61. The zero-order chi connectivity index (χ0) is 18.7. The molecule has 1 rings (SSSR count). The highest BCUT2D eigenvalue weighted by atomic mass is 19.1. The third-order valence-electron chi connectivity index (χ3n) is 3.75. The SMILES string of the molecule is CC(NC(=O)OC(C)(C)C)C(C)(C)C(=O)c1ccc(C#N)c(F)c1. The van der Waals surface area contributed by atoms with Crippen molar-refractivity contribution in [2.75, 3.05) is 0 Å². The van der Waals surface area contributed by atoms with Crippen LogP contribution in [0.1, 0.15) is 57.5 Å². The van der Waals surface area contributed by atoms with E-state index in [4.69, 9.17) is 10.00 Å². The average molecular weight is 334 g/mol. The molecule has 1 amide bonds. The van der Waals surface area contributed by atoms with Crippen molar-refractivity contribution in [3.05, 3.63) is 35.1 Å². The van der Waals surface area contributed by atoms with Crippen LogP contribution in [0.5, 0.6) is 0 Å². The first-order valence-electron chi connectivity index (χ1n) is 7.62. The molecule has 0 aliphatic carbocycles. The van der Waals surface area contributed by atoms with Crippen LogP contribution in [-0.2, 0) is 4.74 Å². The van der Waals surface area contributed by atoms with Gasteiger partial charge in [-0.25, -0.2) is 9.18 Å². The number of carbonyl (C=O) groups is 2. The van der Waals surface area contributed by atoms with E-state index in [2.05, 4.69) is 5.32 Å². The lowest BCUT2D eigenvalue weighted by Gasteiger charge is -2.32. The van der Waals surface area contributed by atoms with Gasteiger partial charge >= 0.3 is 6.09 Å². The number of nitrogens with zero attached hydrogens (tertiary/aromatic N) is 1. The van der Waals surface area contributed by atoms with E-state index in [1.54, 1.807) is 47.6 Å². The van der Waals surface area contributed by atoms with Crippen LogP contribution in [0.15, 0.2) is 18.2 Å². The molecule has 0 heterocycles. The number of rotatable bonds is 4. The van der Waals surface area contributed by atoms with Gasteiger partial charge in [-0.2, -0.15) is 5.26 Å². The Morgan fingerprint density at radius 2 is 1.83 bits per heavy atom. The van der Waals surface area contributed by atoms with Crippen molar-refractivity contribution < 1.29 is 18.7 Å². The summed E-state index contributed by atoms with van der Waals surface area (Å²) in [6.07, 6.45) is -0.623. The molecule has 6 heteroatoms. The number of alkyl carbamates (subject to hydrolysis) is 1. The molecule has 0 saturated carbocycles.